The van der Waals surface area contributed by atoms with E-state index in [-0.39, 0.29) is 0 Å². The van der Waals surface area contributed by atoms with E-state index in [0.29, 0.717) is 45.6 Å². The highest BCUT2D eigenvalue weighted by molar-refractivity contribution is 5.89. The highest BCUT2D eigenvalue weighted by Crippen LogP contribution is 2.37. The molecule has 0 bridgehead atoms. The molecule has 126 valence electrons. The van der Waals surface area contributed by atoms with Gasteiger partial charge >= 0.3 is 0 Å². The molecule has 0 radical (unpaired) electrons. The molecule has 16 heteroatoms. The number of aromatic nitrogens is 16. The Kier molecular flexibility index (Phi) is 2.96. The van der Waals surface area contributed by atoms with Crippen molar-refractivity contribution in [1.29, 1.82) is 0 Å². The number of H-pyrrole nitrogens is 4. The first-order valence-electron chi connectivity index (χ1n) is 7.03. The topological polar surface area (TPSA) is 218 Å². The van der Waals surface area contributed by atoms with Crippen molar-refractivity contribution in [3.8, 4) is 45.6 Å². The molecule has 4 heterocycles. The Labute approximate surface area is 141 Å². The van der Waals surface area contributed by atoms with Crippen LogP contribution in [0.4, 0.5) is 0 Å². The molecule has 0 saturated heterocycles. The van der Waals surface area contributed by atoms with Crippen LogP contribution in [0.3, 0.4) is 0 Å². The maximum absolute atomic E-state index is 4.02. The summed E-state index contributed by atoms with van der Waals surface area (Å²) in [5.74, 6) is 1.31. The SMILES string of the molecule is c1c(-c2nn[nH]n2)c(-c2nn[nH]n2)cc(-c2nn[nH]n2)c1-c1nn[nH]n1. The molecule has 5 rings (SSSR count). The first-order chi connectivity index (χ1) is 12.9. The highest BCUT2D eigenvalue weighted by Gasteiger charge is 2.23. The molecule has 0 spiro atoms. The minimum atomic E-state index is 0.328. The minimum absolute atomic E-state index is 0.328. The third-order valence-electron chi connectivity index (χ3n) is 3.50. The zero-order valence-electron chi connectivity index (χ0n) is 12.5. The van der Waals surface area contributed by atoms with Crippen LogP contribution in [0, 0.1) is 0 Å². The van der Waals surface area contributed by atoms with E-state index in [1.165, 1.54) is 0 Å². The van der Waals surface area contributed by atoms with Crippen LogP contribution in [-0.4, -0.2) is 82.5 Å². The summed E-state index contributed by atoms with van der Waals surface area (Å²) < 4.78 is 0. The van der Waals surface area contributed by atoms with Gasteiger partial charge in [-0.05, 0) is 33.0 Å². The van der Waals surface area contributed by atoms with Crippen LogP contribution < -0.4 is 0 Å². The Bertz CT molecular complexity index is 927. The molecule has 0 aliphatic rings. The fraction of sp³-hybridized carbons (Fsp3) is 0. The van der Waals surface area contributed by atoms with Gasteiger partial charge < -0.3 is 0 Å². The first-order valence-corrected chi connectivity index (χ1v) is 7.03. The lowest BCUT2D eigenvalue weighted by Gasteiger charge is -2.09. The standard InChI is InChI=1S/C10H6N16/c1-3(7-11-19-20-12-7)5(9-15-23-24-16-9)2-6(10-17-25-26-18-10)4(1)8-13-21-22-14-8/h1-2H,(H,11,12,19,20)(H,13,14,21,22)(H,15,16,23,24)(H,17,18,25,26). The summed E-state index contributed by atoms with van der Waals surface area (Å²) in [7, 11) is 0. The van der Waals surface area contributed by atoms with Crippen LogP contribution in [0.5, 0.6) is 0 Å². The van der Waals surface area contributed by atoms with E-state index in [0.717, 1.165) is 0 Å². The summed E-state index contributed by atoms with van der Waals surface area (Å²) in [6, 6.07) is 3.49. The largest absolute Gasteiger partial charge is 0.205 e. The van der Waals surface area contributed by atoms with Gasteiger partial charge in [0.25, 0.3) is 0 Å². The number of aromatic amines is 4. The van der Waals surface area contributed by atoms with Crippen LogP contribution >= 0.6 is 0 Å². The second-order valence-electron chi connectivity index (χ2n) is 4.89. The predicted octanol–water partition coefficient (Wildman–Crippen LogP) is -1.59. The van der Waals surface area contributed by atoms with Crippen molar-refractivity contribution >= 4 is 0 Å². The van der Waals surface area contributed by atoms with E-state index >= 15 is 0 Å². The van der Waals surface area contributed by atoms with Crippen molar-refractivity contribution in [3.05, 3.63) is 12.1 Å². The second-order valence-corrected chi connectivity index (χ2v) is 4.89. The molecule has 0 aliphatic carbocycles. The average molecular weight is 350 g/mol. The molecule has 4 N–H and O–H groups in total. The second kappa shape index (κ2) is 5.54. The van der Waals surface area contributed by atoms with Crippen molar-refractivity contribution in [3.63, 3.8) is 0 Å². The van der Waals surface area contributed by atoms with E-state index in [2.05, 4.69) is 82.5 Å². The van der Waals surface area contributed by atoms with Gasteiger partial charge in [0.05, 0.1) is 0 Å². The molecule has 16 nitrogen and oxygen atoms in total. The number of tetrazole rings is 4. The smallest absolute Gasteiger partial charge is 0.177 e. The quantitative estimate of drug-likeness (QED) is 0.288. The van der Waals surface area contributed by atoms with Crippen LogP contribution in [0.2, 0.25) is 0 Å². The van der Waals surface area contributed by atoms with Gasteiger partial charge in [-0.25, -0.2) is 0 Å². The zero-order valence-corrected chi connectivity index (χ0v) is 12.5. The van der Waals surface area contributed by atoms with Crippen LogP contribution in [0.1, 0.15) is 0 Å². The Morgan fingerprint density at radius 3 is 0.885 bits per heavy atom. The Hall–Kier alpha value is -4.50. The number of hydrogen-bond acceptors (Lipinski definition) is 12. The summed E-state index contributed by atoms with van der Waals surface area (Å²) in [5, 5.41) is 56.2. The lowest BCUT2D eigenvalue weighted by atomic mass is 9.96. The molecule has 26 heavy (non-hydrogen) atoms. The maximum Gasteiger partial charge on any atom is 0.205 e. The number of hydrogen-bond donors (Lipinski definition) is 4. The first kappa shape index (κ1) is 13.9. The number of benzene rings is 1. The lowest BCUT2D eigenvalue weighted by molar-refractivity contribution is 0.881. The molecule has 0 unspecified atom stereocenters. The van der Waals surface area contributed by atoms with Crippen LogP contribution in [0.15, 0.2) is 12.1 Å². The molecule has 0 atom stereocenters. The van der Waals surface area contributed by atoms with Crippen molar-refractivity contribution < 1.29 is 0 Å². The number of nitrogens with one attached hydrogen (secondary N) is 4. The van der Waals surface area contributed by atoms with Gasteiger partial charge in [-0.1, -0.05) is 0 Å². The molecule has 0 amide bonds. The molecular formula is C10H6N16. The molecule has 0 aliphatic heterocycles. The highest BCUT2D eigenvalue weighted by atomic mass is 15.5. The van der Waals surface area contributed by atoms with Crippen LogP contribution in [0.25, 0.3) is 45.6 Å². The van der Waals surface area contributed by atoms with Crippen molar-refractivity contribution in [1.82, 2.24) is 82.5 Å². The van der Waals surface area contributed by atoms with Gasteiger partial charge in [-0.2, -0.15) is 20.9 Å². The lowest BCUT2D eigenvalue weighted by Crippen LogP contribution is -1.96. The molecule has 0 fully saturated rings. The fourth-order valence-electron chi connectivity index (χ4n) is 2.44. The monoisotopic (exact) mass is 350 g/mol. The molecule has 4 aromatic heterocycles. The third kappa shape index (κ3) is 2.17. The summed E-state index contributed by atoms with van der Waals surface area (Å²) in [5.41, 5.74) is 2.30. The van der Waals surface area contributed by atoms with Gasteiger partial charge in [-0.15, -0.1) is 40.8 Å². The van der Waals surface area contributed by atoms with Crippen LogP contribution in [-0.2, 0) is 0 Å². The Balaban J connectivity index is 1.84. The predicted molar refractivity (Wildman–Crippen MR) is 79.1 cm³/mol. The third-order valence-corrected chi connectivity index (χ3v) is 3.50. The van der Waals surface area contributed by atoms with E-state index in [1.54, 1.807) is 12.1 Å². The number of rotatable bonds is 4. The minimum Gasteiger partial charge on any atom is -0.177 e. The van der Waals surface area contributed by atoms with E-state index in [1.807, 2.05) is 0 Å². The molecule has 5 aromatic rings. The Morgan fingerprint density at radius 2 is 0.692 bits per heavy atom. The van der Waals surface area contributed by atoms with Gasteiger partial charge in [-0.3, -0.25) is 0 Å². The molecule has 0 saturated carbocycles. The Morgan fingerprint density at radius 1 is 0.423 bits per heavy atom. The fourth-order valence-corrected chi connectivity index (χ4v) is 2.44. The summed E-state index contributed by atoms with van der Waals surface area (Å²) >= 11 is 0. The summed E-state index contributed by atoms with van der Waals surface area (Å²) in [6.45, 7) is 0. The molecule has 1 aromatic carbocycles. The maximum atomic E-state index is 4.02. The van der Waals surface area contributed by atoms with Gasteiger partial charge in [0, 0.05) is 22.3 Å². The van der Waals surface area contributed by atoms with E-state index < -0.39 is 0 Å². The summed E-state index contributed by atoms with van der Waals surface area (Å²) in [6.07, 6.45) is 0. The number of nitrogens with zero attached hydrogens (tertiary/aromatic N) is 12. The van der Waals surface area contributed by atoms with Gasteiger partial charge in [0.1, 0.15) is 0 Å². The van der Waals surface area contributed by atoms with Crippen molar-refractivity contribution in [2.24, 2.45) is 0 Å². The van der Waals surface area contributed by atoms with E-state index in [9.17, 15) is 0 Å². The van der Waals surface area contributed by atoms with Gasteiger partial charge in [0.2, 0.25) is 23.3 Å². The molecular weight excluding hydrogens is 344 g/mol. The van der Waals surface area contributed by atoms with Crippen molar-refractivity contribution in [2.75, 3.05) is 0 Å². The average Bonchev–Trinajstić information content (AvgIpc) is 3.49. The normalized spacial score (nSPS) is 11.1. The summed E-state index contributed by atoms with van der Waals surface area (Å²) in [4.78, 5) is 0. The van der Waals surface area contributed by atoms with Crippen molar-refractivity contribution in [2.45, 2.75) is 0 Å². The zero-order chi connectivity index (χ0) is 17.3. The van der Waals surface area contributed by atoms with E-state index in [4.69, 9.17) is 0 Å². The van der Waals surface area contributed by atoms with Gasteiger partial charge in [0.15, 0.2) is 0 Å².